The van der Waals surface area contributed by atoms with E-state index in [1.165, 1.54) is 0 Å². The average molecular weight is 813 g/mol. The van der Waals surface area contributed by atoms with Gasteiger partial charge in [0.1, 0.15) is 11.2 Å². The summed E-state index contributed by atoms with van der Waals surface area (Å²) < 4.78 is 404. The zero-order chi connectivity index (χ0) is 77.3. The number of anilines is 3. The van der Waals surface area contributed by atoms with Gasteiger partial charge in [0, 0.05) is 66.2 Å². The Morgan fingerprint density at radius 3 is 1.60 bits per heavy atom. The van der Waals surface area contributed by atoms with E-state index in [1.807, 2.05) is 0 Å². The topological polar surface area (TPSA) is 16.4 Å². The molecule has 0 fully saturated rings. The number of para-hydroxylation sites is 2. The lowest BCUT2D eigenvalue weighted by Gasteiger charge is -2.30. The second-order valence-corrected chi connectivity index (χ2v) is 13.5. The molecule has 2 aliphatic rings. The Morgan fingerprint density at radius 2 is 0.933 bits per heavy atom. The van der Waals surface area contributed by atoms with Gasteiger partial charge in [-0.2, -0.15) is 0 Å². The van der Waals surface area contributed by atoms with Crippen molar-refractivity contribution in [2.24, 2.45) is 0 Å². The van der Waals surface area contributed by atoms with E-state index in [2.05, 4.69) is 0 Å². The molecular weight excluding hydrogens is 727 g/mol. The van der Waals surface area contributed by atoms with Crippen LogP contribution in [0.4, 0.5) is 17.1 Å². The Labute approximate surface area is 411 Å². The van der Waals surface area contributed by atoms with Crippen molar-refractivity contribution in [3.63, 3.8) is 0 Å². The van der Waals surface area contributed by atoms with Gasteiger partial charge in [-0.3, -0.25) is 0 Å². The lowest BCUT2D eigenvalue weighted by atomic mass is 9.82. The van der Waals surface area contributed by atoms with Crippen LogP contribution in [0.5, 0.6) is 0 Å². The number of nitrogens with zero attached hydrogens (tertiary/aromatic N) is 1. The largest absolute Gasteiger partial charge is 0.455 e. The van der Waals surface area contributed by atoms with Gasteiger partial charge in [0.25, 0.3) is 0 Å². The van der Waals surface area contributed by atoms with Crippen LogP contribution in [0.1, 0.15) is 109 Å². The third kappa shape index (κ3) is 4.94. The molecule has 10 aromatic rings. The number of rotatable bonds is 5. The van der Waals surface area contributed by atoms with Crippen molar-refractivity contribution in [1.29, 1.82) is 0 Å². The maximum Gasteiger partial charge on any atom is 0.143 e. The normalized spacial score (nSPS) is 25.3. The van der Waals surface area contributed by atoms with Crippen molar-refractivity contribution in [3.8, 4) is 44.5 Å². The van der Waals surface area contributed by atoms with Crippen LogP contribution in [-0.4, -0.2) is 0 Å². The number of hydrogen-bond donors (Lipinski definition) is 0. The van der Waals surface area contributed by atoms with Crippen molar-refractivity contribution in [3.05, 3.63) is 210 Å². The van der Waals surface area contributed by atoms with Crippen LogP contribution in [-0.2, 0) is 10.8 Å². The van der Waals surface area contributed by atoms with Gasteiger partial charge in [0.2, 0.25) is 0 Å². The molecule has 2 heteroatoms. The Balaban J connectivity index is 1.35. The molecule has 0 radical (unpaired) electrons. The molecule has 60 heavy (non-hydrogen) atoms. The Kier molecular flexibility index (Phi) is 2.63. The summed E-state index contributed by atoms with van der Waals surface area (Å²) in [6, 6.07) is -40.5. The highest BCUT2D eigenvalue weighted by molar-refractivity contribution is 6.14. The summed E-state index contributed by atoms with van der Waals surface area (Å²) in [5, 5.41) is -3.11. The van der Waals surface area contributed by atoms with Gasteiger partial charge in [-0.15, -0.1) is 0 Å². The average Bonchev–Trinajstić information content (AvgIpc) is 1.51. The predicted octanol–water partition coefficient (Wildman–Crippen LogP) is 16.2. The molecule has 0 N–H and O–H groups in total. The first kappa shape index (κ1) is 12.4. The van der Waals surface area contributed by atoms with E-state index in [1.54, 1.807) is 0 Å². The minimum absolute atomic E-state index is 0.0629. The molecule has 2 aliphatic carbocycles. The van der Waals surface area contributed by atoms with Gasteiger partial charge in [0.05, 0.1) is 42.5 Å². The molecule has 2 nitrogen and oxygen atoms in total. The molecule has 0 amide bonds. The van der Waals surface area contributed by atoms with Gasteiger partial charge >= 0.3 is 0 Å². The van der Waals surface area contributed by atoms with E-state index in [4.69, 9.17) is 44.2 Å². The smallest absolute Gasteiger partial charge is 0.143 e. The lowest BCUT2D eigenvalue weighted by Crippen LogP contribution is -2.18. The predicted molar refractivity (Wildman–Crippen MR) is 252 cm³/mol. The van der Waals surface area contributed by atoms with E-state index in [0.29, 0.717) is 0 Å². The summed E-state index contributed by atoms with van der Waals surface area (Å²) in [6.45, 7) is -16.8. The van der Waals surface area contributed by atoms with Crippen LogP contribution in [0.25, 0.3) is 77.2 Å². The van der Waals surface area contributed by atoms with Gasteiger partial charge in [-0.1, -0.05) is 172 Å². The van der Waals surface area contributed by atoms with E-state index in [0.717, 1.165) is 0 Å². The minimum atomic E-state index is -4.21. The highest BCUT2D eigenvalue weighted by Crippen LogP contribution is 2.53. The van der Waals surface area contributed by atoms with Crippen molar-refractivity contribution in [2.45, 2.75) is 38.2 Å². The second-order valence-electron chi connectivity index (χ2n) is 13.5. The SMILES string of the molecule is [2H]c1c([2H])c([2H])c2c(c1[2H])-c1c([2H])c([2H])c(N(c3c([2H])c([2H])c(-c4c([2H])c([2H])c5c([2H])c([2H])c([2H])c([2H])c5c4-c4c([2H])c([2H])c([2H])c5c4oc4c([2H])c([2H])c([2H])c([2H])c45)c([2H])c3[2H])c3c([2H])c([2H])c4c(c3[2H])C(C([2H])([2H])[2H])(C([2H])([2H])[2H])c3c([2H])c([2H])c([2H])c([2H])c3-4)c([2H])c1C2(C([2H])([2H])[2H])C([2H])([2H])[2H]. The molecule has 0 saturated carbocycles. The molecular formula is C58H43NO. The zero-order valence-electron chi connectivity index (χ0n) is 72.9. The van der Waals surface area contributed by atoms with Crippen molar-refractivity contribution >= 4 is 49.8 Å². The summed E-state index contributed by atoms with van der Waals surface area (Å²) in [5.74, 6) is 0. The fourth-order valence-electron chi connectivity index (χ4n) is 7.49. The fourth-order valence-corrected chi connectivity index (χ4v) is 7.49. The third-order valence-corrected chi connectivity index (χ3v) is 10.2. The van der Waals surface area contributed by atoms with Crippen LogP contribution in [0.2, 0.25) is 0 Å². The maximum absolute atomic E-state index is 10.3. The van der Waals surface area contributed by atoms with Crippen LogP contribution in [0.15, 0.2) is 192 Å². The maximum atomic E-state index is 10.3. The second kappa shape index (κ2) is 12.7. The quantitative estimate of drug-likeness (QED) is 0.172. The van der Waals surface area contributed by atoms with Crippen molar-refractivity contribution in [2.75, 3.05) is 4.90 Å². The molecule has 0 atom stereocenters. The minimum Gasteiger partial charge on any atom is -0.455 e. The van der Waals surface area contributed by atoms with Crippen molar-refractivity contribution < 1.29 is 63.4 Å². The number of furan rings is 1. The van der Waals surface area contributed by atoms with E-state index in [-0.39, 0.29) is 4.90 Å². The Bertz CT molecular complexity index is 5420. The number of fused-ring (bicyclic) bond motifs is 10. The molecule has 9 aromatic carbocycles. The molecule has 0 saturated heterocycles. The first-order chi connectivity index (χ1) is 47.2. The highest BCUT2D eigenvalue weighted by Gasteiger charge is 2.37. The standard InChI is InChI=1S/C58H43NO/c1-57(2)50-21-10-7-16-43(50)45-32-29-39(34-52(45)57)59(40-30-33-46-44-17-8-11-22-51(44)58(3,4)53(46)35-40)38-27-24-37(25-28-38)42-31-26-36-14-5-6-15-41(36)55(42)49-20-13-19-48-47-18-9-12-23-54(47)60-56(48)49/h5-35H,1-4H3/i1D3,2D3,3D3,4D3,5D,6D,7D,8D,9D,10D,11D,12D,13D,14D,15D,16D,17D,18D,19D,20D,21D,22D,23D,24D,25D,26D,27D,28D,29D,30D,31D,32D,33D,34D,35D. The monoisotopic (exact) mass is 813 g/mol. The van der Waals surface area contributed by atoms with Gasteiger partial charge in [-0.25, -0.2) is 0 Å². The molecule has 0 unspecified atom stereocenters. The molecule has 0 spiro atoms. The third-order valence-electron chi connectivity index (χ3n) is 10.2. The van der Waals surface area contributed by atoms with Crippen LogP contribution >= 0.6 is 0 Å². The Morgan fingerprint density at radius 1 is 0.417 bits per heavy atom. The number of benzene rings is 9. The summed E-state index contributed by atoms with van der Waals surface area (Å²) in [6.07, 6.45) is 0. The molecule has 0 aliphatic heterocycles. The summed E-state index contributed by atoms with van der Waals surface area (Å²) in [7, 11) is 0. The van der Waals surface area contributed by atoms with Gasteiger partial charge < -0.3 is 9.32 Å². The van der Waals surface area contributed by atoms with Crippen molar-refractivity contribution in [1.82, 2.24) is 0 Å². The summed E-state index contributed by atoms with van der Waals surface area (Å²) in [5.41, 5.74) is -29.2. The summed E-state index contributed by atoms with van der Waals surface area (Å²) >= 11 is 0. The van der Waals surface area contributed by atoms with E-state index in [9.17, 15) is 19.2 Å². The summed E-state index contributed by atoms with van der Waals surface area (Å²) in [4.78, 5) is -0.0629. The fraction of sp³-hybridized carbons (Fsp3) is 0.103. The van der Waals surface area contributed by atoms with Gasteiger partial charge in [-0.05, 0) is 109 Å². The van der Waals surface area contributed by atoms with Gasteiger partial charge in [0.15, 0.2) is 0 Å². The first-order valence-corrected chi connectivity index (χ1v) is 17.6. The van der Waals surface area contributed by atoms with Crippen LogP contribution < -0.4 is 4.90 Å². The molecule has 1 heterocycles. The highest BCUT2D eigenvalue weighted by atomic mass is 16.3. The Hall–Kier alpha value is -7.16. The van der Waals surface area contributed by atoms with Crippen LogP contribution in [0, 0.1) is 0 Å². The number of hydrogen-bond acceptors (Lipinski definition) is 2. The van der Waals surface area contributed by atoms with E-state index >= 15 is 0 Å². The lowest BCUT2D eigenvalue weighted by molar-refractivity contribution is 0.660. The molecule has 1 aromatic heterocycles. The molecule has 286 valence electrons. The van der Waals surface area contributed by atoms with E-state index < -0.39 is 342 Å². The van der Waals surface area contributed by atoms with Crippen LogP contribution in [0.3, 0.4) is 0 Å². The molecule has 12 rings (SSSR count). The zero-order valence-corrected chi connectivity index (χ0v) is 29.9. The molecule has 0 bridgehead atoms. The first-order valence-electron chi connectivity index (χ1n) is 39.1.